The summed E-state index contributed by atoms with van der Waals surface area (Å²) in [4.78, 5) is 10.0. The summed E-state index contributed by atoms with van der Waals surface area (Å²) in [5.74, 6) is -0.940. The molecule has 0 aliphatic rings. The van der Waals surface area contributed by atoms with Crippen LogP contribution in [0.3, 0.4) is 0 Å². The van der Waals surface area contributed by atoms with Gasteiger partial charge in [0.1, 0.15) is 0 Å². The molecule has 0 heterocycles. The van der Waals surface area contributed by atoms with Crippen LogP contribution in [-0.4, -0.2) is 29.3 Å². The van der Waals surface area contributed by atoms with E-state index in [0.717, 1.165) is 6.92 Å². The van der Waals surface area contributed by atoms with Crippen LogP contribution in [0.5, 0.6) is 0 Å². The Bertz CT molecular complexity index is 207. The predicted molar refractivity (Wildman–Crippen MR) is 29.2 cm³/mol. The molecule has 1 atom stereocenters. The Labute approximate surface area is 80.5 Å². The van der Waals surface area contributed by atoms with E-state index in [0.29, 0.717) is 0 Å². The van der Waals surface area contributed by atoms with Crippen LogP contribution in [0.25, 0.3) is 0 Å². The molecule has 0 fully saturated rings. The third-order valence-corrected chi connectivity index (χ3v) is 1.56. The minimum atomic E-state index is -4.35. The second kappa shape index (κ2) is 4.42. The van der Waals surface area contributed by atoms with Crippen molar-refractivity contribution in [2.45, 2.75) is 12.4 Å². The van der Waals surface area contributed by atoms with Crippen molar-refractivity contribution in [2.75, 3.05) is 0 Å². The molecule has 0 radical (unpaired) electrons. The molecule has 0 aliphatic heterocycles. The van der Waals surface area contributed by atoms with Gasteiger partial charge in [-0.3, -0.25) is 4.79 Å². The van der Waals surface area contributed by atoms with Gasteiger partial charge in [0.25, 0.3) is 5.44 Å². The average molecular weight is 178 g/mol. The van der Waals surface area contributed by atoms with Crippen molar-refractivity contribution in [1.82, 2.24) is 0 Å². The molecule has 0 saturated carbocycles. The standard InChI is InChI=1S/C3H6O5S.Na/c1-2(4)3(5)9(6,7)8;/h3,5H,1H3,(H,6,7,8);/q;+1/p+1. The Morgan fingerprint density at radius 3 is 1.90 bits per heavy atom. The molecule has 0 spiro atoms. The molecular formula is C3H7NaO5S+2. The monoisotopic (exact) mass is 178 g/mol. The van der Waals surface area contributed by atoms with Gasteiger partial charge >= 0.3 is 39.7 Å². The number of carbonyl (C=O) groups excluding carboxylic acids is 1. The van der Waals surface area contributed by atoms with E-state index < -0.39 is 21.3 Å². The molecular weight excluding hydrogens is 171 g/mol. The number of aliphatic hydroxyl groups excluding tert-OH is 1. The number of hydrogen-bond donors (Lipinski definition) is 1. The molecule has 7 heteroatoms. The van der Waals surface area contributed by atoms with E-state index >= 15 is 0 Å². The molecule has 0 aromatic heterocycles. The second-order valence-electron chi connectivity index (χ2n) is 1.51. The van der Waals surface area contributed by atoms with Gasteiger partial charge in [-0.1, -0.05) is 0 Å². The van der Waals surface area contributed by atoms with Crippen LogP contribution in [0.1, 0.15) is 6.92 Å². The first-order valence-electron chi connectivity index (χ1n) is 2.02. The van der Waals surface area contributed by atoms with Gasteiger partial charge < -0.3 is 9.66 Å². The zero-order valence-electron chi connectivity index (χ0n) is 5.66. The molecule has 0 aromatic rings. The maximum absolute atomic E-state index is 10.0. The summed E-state index contributed by atoms with van der Waals surface area (Å²) in [6.45, 7) is 0.900. The van der Waals surface area contributed by atoms with E-state index in [2.05, 4.69) is 0 Å². The first-order chi connectivity index (χ1) is 3.85. The van der Waals surface area contributed by atoms with Gasteiger partial charge in [-0.05, 0) is 6.92 Å². The molecule has 5 nitrogen and oxygen atoms in total. The topological polar surface area (TPSA) is 94.3 Å². The Morgan fingerprint density at radius 2 is 1.90 bits per heavy atom. The quantitative estimate of drug-likeness (QED) is 0.338. The van der Waals surface area contributed by atoms with Crippen molar-refractivity contribution in [2.24, 2.45) is 0 Å². The van der Waals surface area contributed by atoms with Crippen LogP contribution in [0, 0.1) is 0 Å². The van der Waals surface area contributed by atoms with E-state index in [1.54, 1.807) is 0 Å². The minimum Gasteiger partial charge on any atom is -0.365 e. The molecule has 0 saturated heterocycles. The molecule has 0 bridgehead atoms. The summed E-state index contributed by atoms with van der Waals surface area (Å²) in [5, 5.41) is 8.34. The number of ketones is 1. The third-order valence-electron chi connectivity index (χ3n) is 0.642. The maximum Gasteiger partial charge on any atom is 1.00 e. The minimum absolute atomic E-state index is 0. The fraction of sp³-hybridized carbons (Fsp3) is 0.667. The van der Waals surface area contributed by atoms with E-state index in [-0.39, 0.29) is 29.6 Å². The van der Waals surface area contributed by atoms with Gasteiger partial charge in [0.05, 0.1) is 0 Å². The fourth-order valence-corrected chi connectivity index (χ4v) is 0.655. The number of rotatable bonds is 2. The maximum atomic E-state index is 10.0. The summed E-state index contributed by atoms with van der Waals surface area (Å²) in [7, 11) is -4.35. The first-order valence-corrected chi connectivity index (χ1v) is 3.57. The van der Waals surface area contributed by atoms with Crippen molar-refractivity contribution < 1.29 is 52.4 Å². The second-order valence-corrected chi connectivity index (χ2v) is 3.04. The van der Waals surface area contributed by atoms with Crippen molar-refractivity contribution >= 4 is 15.9 Å². The van der Waals surface area contributed by atoms with Crippen LogP contribution < -0.4 is 29.6 Å². The normalized spacial score (nSPS) is 13.5. The summed E-state index contributed by atoms with van der Waals surface area (Å²) >= 11 is 0. The fourth-order valence-electron chi connectivity index (χ4n) is 0.218. The van der Waals surface area contributed by atoms with Crippen LogP contribution in [0.2, 0.25) is 0 Å². The molecule has 54 valence electrons. The van der Waals surface area contributed by atoms with Crippen molar-refractivity contribution in [1.29, 1.82) is 0 Å². The van der Waals surface area contributed by atoms with Crippen LogP contribution in [0.4, 0.5) is 0 Å². The molecule has 0 aromatic carbocycles. The van der Waals surface area contributed by atoms with Crippen LogP contribution in [-0.2, 0) is 14.9 Å². The number of hydrogen-bond acceptors (Lipinski definition) is 4. The van der Waals surface area contributed by atoms with Gasteiger partial charge in [-0.25, -0.2) is 0 Å². The van der Waals surface area contributed by atoms with Crippen LogP contribution >= 0.6 is 0 Å². The average Bonchev–Trinajstić information content (AvgIpc) is 1.62. The molecule has 1 unspecified atom stereocenters. The Hall–Kier alpha value is 0.540. The smallest absolute Gasteiger partial charge is 0.365 e. The van der Waals surface area contributed by atoms with Gasteiger partial charge in [0.15, 0.2) is 5.78 Å². The summed E-state index contributed by atoms with van der Waals surface area (Å²) in [6, 6.07) is 0. The first kappa shape index (κ1) is 13.2. The number of Topliss-reactive ketones (excluding diaryl/α,β-unsaturated/α-hetero) is 1. The van der Waals surface area contributed by atoms with Crippen LogP contribution in [0.15, 0.2) is 0 Å². The molecule has 0 aliphatic carbocycles. The Balaban J connectivity index is 0. The van der Waals surface area contributed by atoms with Gasteiger partial charge in [-0.2, -0.15) is 8.42 Å². The Morgan fingerprint density at radius 1 is 1.60 bits per heavy atom. The SMILES string of the molecule is CC(=O)C(O)S(=O)(=O)[OH2+].[Na+]. The van der Waals surface area contributed by atoms with Gasteiger partial charge in [0.2, 0.25) is 0 Å². The largest absolute Gasteiger partial charge is 1.00 e. The molecule has 0 amide bonds. The van der Waals surface area contributed by atoms with E-state index in [4.69, 9.17) is 9.66 Å². The van der Waals surface area contributed by atoms with Gasteiger partial charge in [-0.15, -0.1) is 0 Å². The molecule has 0 rings (SSSR count). The predicted octanol–water partition coefficient (Wildman–Crippen LogP) is -5.05. The van der Waals surface area contributed by atoms with E-state index in [9.17, 15) is 13.2 Å². The summed E-state index contributed by atoms with van der Waals surface area (Å²) in [6.07, 6.45) is 0. The molecule has 3 N–H and O–H groups in total. The third kappa shape index (κ3) is 4.37. The van der Waals surface area contributed by atoms with E-state index in [1.807, 2.05) is 0 Å². The zero-order valence-corrected chi connectivity index (χ0v) is 8.47. The number of carbonyl (C=O) groups is 1. The summed E-state index contributed by atoms with van der Waals surface area (Å²) < 4.78 is 26.1. The van der Waals surface area contributed by atoms with Crippen molar-refractivity contribution in [3.8, 4) is 0 Å². The van der Waals surface area contributed by atoms with Gasteiger partial charge in [0, 0.05) is 0 Å². The van der Waals surface area contributed by atoms with Crippen molar-refractivity contribution in [3.63, 3.8) is 0 Å². The van der Waals surface area contributed by atoms with Crippen molar-refractivity contribution in [3.05, 3.63) is 0 Å². The van der Waals surface area contributed by atoms with E-state index in [1.165, 1.54) is 0 Å². The number of aliphatic hydroxyl groups is 1. The summed E-state index contributed by atoms with van der Waals surface area (Å²) in [5.41, 5.74) is -2.18. The zero-order chi connectivity index (χ0) is 7.65. The molecule has 10 heavy (non-hydrogen) atoms. The Kier molecular flexibility index (Phi) is 5.82.